The van der Waals surface area contributed by atoms with Crippen LogP contribution in [-0.2, 0) is 16.1 Å². The number of methoxy groups -OCH3 is 1. The molecule has 2 aromatic rings. The first-order valence-corrected chi connectivity index (χ1v) is 12.8. The third-order valence-electron chi connectivity index (χ3n) is 5.43. The van der Waals surface area contributed by atoms with Crippen LogP contribution in [0.4, 0.5) is 20.6 Å². The summed E-state index contributed by atoms with van der Waals surface area (Å²) in [6.45, 7) is 4.74. The van der Waals surface area contributed by atoms with Crippen LogP contribution in [-0.4, -0.2) is 58.4 Å². The van der Waals surface area contributed by atoms with E-state index in [1.54, 1.807) is 24.3 Å². The van der Waals surface area contributed by atoms with Crippen LogP contribution in [0.5, 0.6) is 0 Å². The fourth-order valence-electron chi connectivity index (χ4n) is 3.41. The van der Waals surface area contributed by atoms with Crippen molar-refractivity contribution in [3.8, 4) is 0 Å². The van der Waals surface area contributed by atoms with Crippen LogP contribution in [0.25, 0.3) is 0 Å². The molecule has 0 aliphatic heterocycles. The maximum absolute atomic E-state index is 14.7. The predicted octanol–water partition coefficient (Wildman–Crippen LogP) is 4.12. The number of rotatable bonds is 17. The molecule has 0 saturated carbocycles. The van der Waals surface area contributed by atoms with Crippen molar-refractivity contribution in [3.63, 3.8) is 0 Å². The standard InChI is InChI=1S/C26H37ClFN5O4/c1-36-25(34)20-16-24(32-15-7-14-31-12-5-4-11-30-13-6-10-29)22(28)17-23(20)33-26(35)37-18-19-8-2-3-9-21(19)27/h2-3,8-9,16-17,30-32H,4-7,10-15,18,29H2,1H3,(H,33,35). The second kappa shape index (κ2) is 17.5. The Hall–Kier alpha value is -2.92. The van der Waals surface area contributed by atoms with Crippen molar-refractivity contribution in [2.75, 3.05) is 57.0 Å². The molecule has 0 atom stereocenters. The Balaban J connectivity index is 1.80. The molecule has 204 valence electrons. The lowest BCUT2D eigenvalue weighted by atomic mass is 10.1. The van der Waals surface area contributed by atoms with Gasteiger partial charge in [-0.05, 0) is 70.5 Å². The molecule has 0 unspecified atom stereocenters. The minimum Gasteiger partial charge on any atom is -0.465 e. The van der Waals surface area contributed by atoms with Gasteiger partial charge in [-0.1, -0.05) is 29.8 Å². The number of ether oxygens (including phenoxy) is 2. The number of esters is 1. The molecule has 6 N–H and O–H groups in total. The Morgan fingerprint density at radius 2 is 1.62 bits per heavy atom. The highest BCUT2D eigenvalue weighted by atomic mass is 35.5. The van der Waals surface area contributed by atoms with E-state index in [9.17, 15) is 14.0 Å². The minimum absolute atomic E-state index is 0.000657. The third-order valence-corrected chi connectivity index (χ3v) is 5.80. The largest absolute Gasteiger partial charge is 0.465 e. The van der Waals surface area contributed by atoms with Gasteiger partial charge in [0.05, 0.1) is 24.0 Å². The van der Waals surface area contributed by atoms with Crippen molar-refractivity contribution < 1.29 is 23.5 Å². The van der Waals surface area contributed by atoms with E-state index in [0.717, 1.165) is 57.9 Å². The van der Waals surface area contributed by atoms with Crippen LogP contribution >= 0.6 is 11.6 Å². The fraction of sp³-hybridized carbons (Fsp3) is 0.462. The van der Waals surface area contributed by atoms with Gasteiger partial charge in [-0.3, -0.25) is 5.32 Å². The van der Waals surface area contributed by atoms with E-state index >= 15 is 0 Å². The van der Waals surface area contributed by atoms with Crippen LogP contribution in [0.1, 0.15) is 41.6 Å². The van der Waals surface area contributed by atoms with Gasteiger partial charge in [0, 0.05) is 23.2 Å². The molecule has 11 heteroatoms. The van der Waals surface area contributed by atoms with Gasteiger partial charge in [0.25, 0.3) is 0 Å². The molecule has 0 radical (unpaired) electrons. The lowest BCUT2D eigenvalue weighted by Crippen LogP contribution is -2.22. The first kappa shape index (κ1) is 30.3. The van der Waals surface area contributed by atoms with Crippen molar-refractivity contribution in [1.82, 2.24) is 10.6 Å². The van der Waals surface area contributed by atoms with E-state index in [0.29, 0.717) is 23.7 Å². The van der Waals surface area contributed by atoms with E-state index in [-0.39, 0.29) is 23.5 Å². The Morgan fingerprint density at radius 1 is 0.946 bits per heavy atom. The monoisotopic (exact) mass is 537 g/mol. The number of anilines is 2. The zero-order valence-electron chi connectivity index (χ0n) is 21.2. The summed E-state index contributed by atoms with van der Waals surface area (Å²) in [6.07, 6.45) is 3.04. The molecule has 2 aromatic carbocycles. The zero-order valence-corrected chi connectivity index (χ0v) is 22.0. The number of hydrogen-bond acceptors (Lipinski definition) is 8. The Kier molecular flexibility index (Phi) is 14.4. The molecular formula is C26H37ClFN5O4. The lowest BCUT2D eigenvalue weighted by molar-refractivity contribution is 0.0602. The Labute approximate surface area is 222 Å². The summed E-state index contributed by atoms with van der Waals surface area (Å²) >= 11 is 6.06. The summed E-state index contributed by atoms with van der Waals surface area (Å²) in [6, 6.07) is 9.29. The number of carbonyl (C=O) groups excluding carboxylic acids is 2. The SMILES string of the molecule is COC(=O)c1cc(NCCCNCCCCNCCCN)c(F)cc1NC(=O)OCc1ccccc1Cl. The minimum atomic E-state index is -0.859. The van der Waals surface area contributed by atoms with Gasteiger partial charge in [-0.15, -0.1) is 0 Å². The summed E-state index contributed by atoms with van der Waals surface area (Å²) in [4.78, 5) is 24.5. The second-order valence-corrected chi connectivity index (χ2v) is 8.70. The van der Waals surface area contributed by atoms with Gasteiger partial charge in [-0.25, -0.2) is 14.0 Å². The van der Waals surface area contributed by atoms with Gasteiger partial charge in [0.15, 0.2) is 0 Å². The van der Waals surface area contributed by atoms with E-state index in [4.69, 9.17) is 26.8 Å². The second-order valence-electron chi connectivity index (χ2n) is 8.29. The number of nitrogens with two attached hydrogens (primary N) is 1. The molecule has 0 aliphatic carbocycles. The van der Waals surface area contributed by atoms with Crippen LogP contribution < -0.4 is 27.0 Å². The highest BCUT2D eigenvalue weighted by molar-refractivity contribution is 6.31. The van der Waals surface area contributed by atoms with Crippen LogP contribution in [0, 0.1) is 5.82 Å². The van der Waals surface area contributed by atoms with Gasteiger partial charge >= 0.3 is 12.1 Å². The molecule has 37 heavy (non-hydrogen) atoms. The van der Waals surface area contributed by atoms with Crippen molar-refractivity contribution in [3.05, 3.63) is 58.4 Å². The lowest BCUT2D eigenvalue weighted by Gasteiger charge is -2.14. The molecule has 0 aliphatic rings. The average Bonchev–Trinajstić information content (AvgIpc) is 2.89. The van der Waals surface area contributed by atoms with Gasteiger partial charge in [0.1, 0.15) is 12.4 Å². The van der Waals surface area contributed by atoms with E-state index in [1.165, 1.54) is 13.2 Å². The summed E-state index contributed by atoms with van der Waals surface area (Å²) in [5.41, 5.74) is 6.15. The van der Waals surface area contributed by atoms with Crippen LogP contribution in [0.15, 0.2) is 36.4 Å². The first-order chi connectivity index (χ1) is 18.0. The zero-order chi connectivity index (χ0) is 26.9. The number of amides is 1. The molecule has 0 saturated heterocycles. The van der Waals surface area contributed by atoms with Gasteiger partial charge < -0.3 is 31.2 Å². The van der Waals surface area contributed by atoms with E-state index in [1.807, 2.05) is 0 Å². The summed E-state index contributed by atoms with van der Waals surface area (Å²) in [5.74, 6) is -1.34. The maximum atomic E-state index is 14.7. The normalized spacial score (nSPS) is 10.7. The highest BCUT2D eigenvalue weighted by Crippen LogP contribution is 2.26. The molecule has 9 nitrogen and oxygen atoms in total. The Morgan fingerprint density at radius 3 is 2.30 bits per heavy atom. The first-order valence-electron chi connectivity index (χ1n) is 12.4. The van der Waals surface area contributed by atoms with Crippen molar-refractivity contribution >= 4 is 35.0 Å². The molecule has 0 heterocycles. The number of nitrogens with one attached hydrogen (secondary N) is 4. The molecule has 0 fully saturated rings. The molecular weight excluding hydrogens is 501 g/mol. The van der Waals surface area contributed by atoms with Crippen LogP contribution in [0.2, 0.25) is 5.02 Å². The molecule has 2 rings (SSSR count). The quantitative estimate of drug-likeness (QED) is 0.151. The third kappa shape index (κ3) is 11.3. The smallest absolute Gasteiger partial charge is 0.411 e. The summed E-state index contributed by atoms with van der Waals surface area (Å²) in [5, 5.41) is 12.6. The number of unbranched alkanes of at least 4 members (excludes halogenated alkanes) is 1. The molecule has 0 bridgehead atoms. The summed E-state index contributed by atoms with van der Waals surface area (Å²) < 4.78 is 24.7. The molecule has 0 aromatic heterocycles. The number of hydrogen-bond donors (Lipinski definition) is 5. The summed E-state index contributed by atoms with van der Waals surface area (Å²) in [7, 11) is 1.21. The predicted molar refractivity (Wildman–Crippen MR) is 145 cm³/mol. The van der Waals surface area contributed by atoms with Gasteiger partial charge in [-0.2, -0.15) is 0 Å². The van der Waals surface area contributed by atoms with E-state index in [2.05, 4.69) is 21.3 Å². The van der Waals surface area contributed by atoms with Gasteiger partial charge in [0.2, 0.25) is 0 Å². The van der Waals surface area contributed by atoms with Crippen LogP contribution in [0.3, 0.4) is 0 Å². The number of benzene rings is 2. The highest BCUT2D eigenvalue weighted by Gasteiger charge is 2.19. The average molecular weight is 538 g/mol. The fourth-order valence-corrected chi connectivity index (χ4v) is 3.60. The number of halogens is 2. The number of carbonyl (C=O) groups is 2. The van der Waals surface area contributed by atoms with Crippen molar-refractivity contribution in [2.24, 2.45) is 5.73 Å². The Bertz CT molecular complexity index is 995. The van der Waals surface area contributed by atoms with E-state index < -0.39 is 17.9 Å². The van der Waals surface area contributed by atoms with Crippen molar-refractivity contribution in [2.45, 2.75) is 32.3 Å². The maximum Gasteiger partial charge on any atom is 0.411 e. The molecule has 0 spiro atoms. The topological polar surface area (TPSA) is 127 Å². The van der Waals surface area contributed by atoms with Crippen molar-refractivity contribution in [1.29, 1.82) is 0 Å². The molecule has 1 amide bonds.